The molecule has 0 saturated heterocycles. The van der Waals surface area contributed by atoms with Gasteiger partial charge in [0.2, 0.25) is 0 Å². The number of amides is 2. The maximum Gasteiger partial charge on any atom is 0.329 e. The summed E-state index contributed by atoms with van der Waals surface area (Å²) < 4.78 is 0. The second-order valence-electron chi connectivity index (χ2n) is 4.95. The molecule has 3 N–H and O–H groups in total. The Balaban J connectivity index is 1.92. The Bertz CT molecular complexity index is 554. The molecule has 106 valence electrons. The van der Waals surface area contributed by atoms with Crippen LogP contribution in [0.1, 0.15) is 29.5 Å². The molecule has 1 saturated carbocycles. The van der Waals surface area contributed by atoms with Crippen LogP contribution in [0.4, 0.5) is 0 Å². The number of nitrogens with one attached hydrogen (secondary N) is 2. The quantitative estimate of drug-likeness (QED) is 0.431. The Labute approximate surface area is 116 Å². The Morgan fingerprint density at radius 2 is 1.85 bits per heavy atom. The van der Waals surface area contributed by atoms with Crippen LogP contribution in [0.3, 0.4) is 0 Å². The number of hydrogen-bond acceptors (Lipinski definition) is 4. The van der Waals surface area contributed by atoms with Crippen molar-refractivity contribution >= 4 is 18.0 Å². The predicted molar refractivity (Wildman–Crippen MR) is 74.5 cm³/mol. The van der Waals surface area contributed by atoms with Gasteiger partial charge in [-0.15, -0.1) is 0 Å². The van der Waals surface area contributed by atoms with E-state index in [1.807, 2.05) is 0 Å². The van der Waals surface area contributed by atoms with E-state index in [0.29, 0.717) is 0 Å². The molecule has 2 rings (SSSR count). The monoisotopic (exact) mass is 275 g/mol. The SMILES string of the molecule is Cc1cc(/C=N/NC(=O)C(=O)NC2CC2)cc(C)c1O. The van der Waals surface area contributed by atoms with E-state index in [-0.39, 0.29) is 11.8 Å². The molecule has 6 nitrogen and oxygen atoms in total. The summed E-state index contributed by atoms with van der Waals surface area (Å²) in [4.78, 5) is 22.8. The molecule has 1 aliphatic rings. The van der Waals surface area contributed by atoms with Gasteiger partial charge in [0.15, 0.2) is 0 Å². The second-order valence-corrected chi connectivity index (χ2v) is 4.95. The normalized spacial score (nSPS) is 14.3. The molecule has 0 atom stereocenters. The number of aromatic hydroxyl groups is 1. The predicted octanol–water partition coefficient (Wildman–Crippen LogP) is 0.738. The lowest BCUT2D eigenvalue weighted by Crippen LogP contribution is -2.38. The van der Waals surface area contributed by atoms with Crippen LogP contribution >= 0.6 is 0 Å². The van der Waals surface area contributed by atoms with Crippen molar-refractivity contribution in [3.8, 4) is 5.75 Å². The van der Waals surface area contributed by atoms with Crippen molar-refractivity contribution in [3.05, 3.63) is 28.8 Å². The van der Waals surface area contributed by atoms with Gasteiger partial charge in [-0.25, -0.2) is 5.43 Å². The number of carbonyl (C=O) groups excluding carboxylic acids is 2. The average Bonchev–Trinajstić information content (AvgIpc) is 3.19. The summed E-state index contributed by atoms with van der Waals surface area (Å²) in [6, 6.07) is 3.62. The first kappa shape index (κ1) is 14.0. The van der Waals surface area contributed by atoms with Crippen LogP contribution < -0.4 is 10.7 Å². The highest BCUT2D eigenvalue weighted by Crippen LogP contribution is 2.22. The van der Waals surface area contributed by atoms with Crippen molar-refractivity contribution in [2.75, 3.05) is 0 Å². The molecule has 1 fully saturated rings. The number of phenols is 1. The van der Waals surface area contributed by atoms with Crippen molar-refractivity contribution in [1.29, 1.82) is 0 Å². The zero-order chi connectivity index (χ0) is 14.7. The summed E-state index contributed by atoms with van der Waals surface area (Å²) in [5.41, 5.74) is 4.36. The number of benzene rings is 1. The van der Waals surface area contributed by atoms with Gasteiger partial charge in [-0.2, -0.15) is 5.10 Å². The number of phenolic OH excluding ortho intramolecular Hbond substituents is 1. The van der Waals surface area contributed by atoms with Gasteiger partial charge in [0.1, 0.15) is 5.75 Å². The topological polar surface area (TPSA) is 90.8 Å². The van der Waals surface area contributed by atoms with Crippen molar-refractivity contribution < 1.29 is 14.7 Å². The molecule has 0 aromatic heterocycles. The Morgan fingerprint density at radius 1 is 1.25 bits per heavy atom. The Morgan fingerprint density at radius 3 is 2.40 bits per heavy atom. The fourth-order valence-corrected chi connectivity index (χ4v) is 1.76. The fraction of sp³-hybridized carbons (Fsp3) is 0.357. The molecule has 6 heteroatoms. The molecule has 20 heavy (non-hydrogen) atoms. The van der Waals surface area contributed by atoms with Crippen molar-refractivity contribution in [3.63, 3.8) is 0 Å². The molecule has 1 aromatic rings. The number of rotatable bonds is 3. The molecule has 1 aromatic carbocycles. The van der Waals surface area contributed by atoms with Crippen molar-refractivity contribution in [2.45, 2.75) is 32.7 Å². The molecule has 1 aliphatic carbocycles. The van der Waals surface area contributed by atoms with Crippen molar-refractivity contribution in [1.82, 2.24) is 10.7 Å². The summed E-state index contributed by atoms with van der Waals surface area (Å²) in [7, 11) is 0. The summed E-state index contributed by atoms with van der Waals surface area (Å²) in [5.74, 6) is -1.20. The van der Waals surface area contributed by atoms with Crippen LogP contribution in [0.15, 0.2) is 17.2 Å². The highest BCUT2D eigenvalue weighted by molar-refractivity contribution is 6.35. The lowest BCUT2D eigenvalue weighted by atomic mass is 10.1. The van der Waals surface area contributed by atoms with Crippen LogP contribution in [-0.4, -0.2) is 29.2 Å². The maximum absolute atomic E-state index is 11.4. The first-order valence-corrected chi connectivity index (χ1v) is 6.41. The van der Waals surface area contributed by atoms with Crippen LogP contribution in [0.2, 0.25) is 0 Å². The van der Waals surface area contributed by atoms with Gasteiger partial charge in [-0.3, -0.25) is 9.59 Å². The smallest absolute Gasteiger partial charge is 0.329 e. The Kier molecular flexibility index (Phi) is 4.02. The molecule has 0 heterocycles. The minimum Gasteiger partial charge on any atom is -0.507 e. The van der Waals surface area contributed by atoms with Crippen LogP contribution in [0.5, 0.6) is 5.75 Å². The first-order valence-electron chi connectivity index (χ1n) is 6.41. The largest absolute Gasteiger partial charge is 0.507 e. The van der Waals surface area contributed by atoms with Gasteiger partial charge in [0.25, 0.3) is 0 Å². The minimum atomic E-state index is -0.777. The highest BCUT2D eigenvalue weighted by Gasteiger charge is 2.26. The van der Waals surface area contributed by atoms with E-state index in [4.69, 9.17) is 0 Å². The average molecular weight is 275 g/mol. The molecular formula is C14H17N3O3. The van der Waals surface area contributed by atoms with E-state index in [1.165, 1.54) is 6.21 Å². The van der Waals surface area contributed by atoms with Gasteiger partial charge >= 0.3 is 11.8 Å². The second kappa shape index (κ2) is 5.73. The zero-order valence-corrected chi connectivity index (χ0v) is 11.4. The van der Waals surface area contributed by atoms with Gasteiger partial charge in [0, 0.05) is 6.04 Å². The number of hydrogen-bond donors (Lipinski definition) is 3. The summed E-state index contributed by atoms with van der Waals surface area (Å²) in [5, 5.41) is 15.9. The van der Waals surface area contributed by atoms with Crippen LogP contribution in [0.25, 0.3) is 0 Å². The molecule has 0 aliphatic heterocycles. The molecule has 0 unspecified atom stereocenters. The lowest BCUT2D eigenvalue weighted by molar-refractivity contribution is -0.139. The fourth-order valence-electron chi connectivity index (χ4n) is 1.76. The standard InChI is InChI=1S/C14H17N3O3/c1-8-5-10(6-9(2)12(8)18)7-15-17-14(20)13(19)16-11-3-4-11/h5-7,11,18H,3-4H2,1-2H3,(H,16,19)(H,17,20)/b15-7+. The maximum atomic E-state index is 11.4. The number of hydrazone groups is 1. The van der Waals surface area contributed by atoms with E-state index in [9.17, 15) is 14.7 Å². The van der Waals surface area contributed by atoms with Crippen molar-refractivity contribution in [2.24, 2.45) is 5.10 Å². The third kappa shape index (κ3) is 3.57. The van der Waals surface area contributed by atoms with E-state index < -0.39 is 11.8 Å². The number of nitrogens with zero attached hydrogens (tertiary/aromatic N) is 1. The van der Waals surface area contributed by atoms with Gasteiger partial charge in [0.05, 0.1) is 6.21 Å². The summed E-state index contributed by atoms with van der Waals surface area (Å²) in [6.07, 6.45) is 3.28. The highest BCUT2D eigenvalue weighted by atomic mass is 16.3. The lowest BCUT2D eigenvalue weighted by Gasteiger charge is -2.04. The number of aryl methyl sites for hydroxylation is 2. The number of carbonyl (C=O) groups is 2. The van der Waals surface area contributed by atoms with E-state index >= 15 is 0 Å². The van der Waals surface area contributed by atoms with Gasteiger partial charge in [-0.1, -0.05) is 0 Å². The molecular weight excluding hydrogens is 258 g/mol. The van der Waals surface area contributed by atoms with Gasteiger partial charge < -0.3 is 10.4 Å². The molecule has 2 amide bonds. The van der Waals surface area contributed by atoms with Crippen LogP contribution in [-0.2, 0) is 9.59 Å². The third-order valence-electron chi connectivity index (χ3n) is 3.01. The van der Waals surface area contributed by atoms with Crippen LogP contribution in [0, 0.1) is 13.8 Å². The third-order valence-corrected chi connectivity index (χ3v) is 3.01. The Hall–Kier alpha value is -2.37. The van der Waals surface area contributed by atoms with Gasteiger partial charge in [-0.05, 0) is 55.5 Å². The zero-order valence-electron chi connectivity index (χ0n) is 11.4. The summed E-state index contributed by atoms with van der Waals surface area (Å²) in [6.45, 7) is 3.56. The van der Waals surface area contributed by atoms with E-state index in [0.717, 1.165) is 29.5 Å². The molecule has 0 radical (unpaired) electrons. The van der Waals surface area contributed by atoms with E-state index in [1.54, 1.807) is 26.0 Å². The molecule has 0 bridgehead atoms. The minimum absolute atomic E-state index is 0.139. The van der Waals surface area contributed by atoms with E-state index in [2.05, 4.69) is 15.8 Å². The summed E-state index contributed by atoms with van der Waals surface area (Å²) >= 11 is 0. The first-order chi connectivity index (χ1) is 9.47. The molecule has 0 spiro atoms.